The van der Waals surface area contributed by atoms with Gasteiger partial charge in [-0.1, -0.05) is 0 Å². The molecule has 0 aromatic carbocycles. The van der Waals surface area contributed by atoms with Gasteiger partial charge in [-0.3, -0.25) is 0 Å². The molecule has 0 atom stereocenters. The van der Waals surface area contributed by atoms with Crippen LogP contribution in [0.5, 0.6) is 0 Å². The first-order valence-electron chi connectivity index (χ1n) is 0. The second-order valence-electron chi connectivity index (χ2n) is 0. The van der Waals surface area contributed by atoms with Gasteiger partial charge in [-0.2, -0.15) is 0 Å². The second kappa shape index (κ2) is 36.5. The van der Waals surface area contributed by atoms with Crippen molar-refractivity contribution in [2.45, 2.75) is 0 Å². The maximum absolute atomic E-state index is 0. The SMILES string of the molecule is [B].[Cu].[Fe].[Nb].[Si]. The Labute approximate surface area is 75.3 Å². The summed E-state index contributed by atoms with van der Waals surface area (Å²) in [5.74, 6) is 0. The molecular weight excluding hydrogens is 251 g/mol. The summed E-state index contributed by atoms with van der Waals surface area (Å²) in [6, 6.07) is 0. The van der Waals surface area contributed by atoms with E-state index in [1.807, 2.05) is 0 Å². The molecule has 0 bridgehead atoms. The van der Waals surface area contributed by atoms with Gasteiger partial charge < -0.3 is 0 Å². The van der Waals surface area contributed by atoms with Crippen LogP contribution >= 0.6 is 0 Å². The number of rotatable bonds is 0. The van der Waals surface area contributed by atoms with Crippen molar-refractivity contribution in [3.63, 3.8) is 0 Å². The third-order valence-electron chi connectivity index (χ3n) is 0. The van der Waals surface area contributed by atoms with Gasteiger partial charge in [-0.05, 0) is 0 Å². The normalized spacial score (nSPS) is 0. The summed E-state index contributed by atoms with van der Waals surface area (Å²) in [4.78, 5) is 0. The molecule has 0 amide bonds. The molecule has 5 heteroatoms. The fraction of sp³-hybridized carbons (Fsp3) is 0. The second-order valence-corrected chi connectivity index (χ2v) is 0. The predicted molar refractivity (Wildman–Crippen MR) is 11.5 cm³/mol. The van der Waals surface area contributed by atoms with E-state index in [0.717, 1.165) is 0 Å². The molecule has 0 aliphatic carbocycles. The molecule has 0 spiro atoms. The summed E-state index contributed by atoms with van der Waals surface area (Å²) in [5, 5.41) is 0. The standard InChI is InChI=1S/B.Cu.Fe.Nb.Si. The molecule has 0 aromatic heterocycles. The van der Waals surface area contributed by atoms with Crippen molar-refractivity contribution in [3.8, 4) is 0 Å². The van der Waals surface area contributed by atoms with E-state index in [9.17, 15) is 0 Å². The summed E-state index contributed by atoms with van der Waals surface area (Å²) >= 11 is 0. The monoisotopic (exact) mass is 251 g/mol. The Morgan fingerprint density at radius 2 is 1.00 bits per heavy atom. The Hall–Kier alpha value is 2.06. The summed E-state index contributed by atoms with van der Waals surface area (Å²) < 4.78 is 0. The maximum Gasteiger partial charge on any atom is 0 e. The molecule has 0 aliphatic rings. The minimum Gasteiger partial charge on any atom is 0 e. The molecule has 0 nitrogen and oxygen atoms in total. The smallest absolute Gasteiger partial charge is 0 e. The van der Waals surface area contributed by atoms with Crippen LogP contribution in [0.1, 0.15) is 0 Å². The van der Waals surface area contributed by atoms with Gasteiger partial charge in [0.25, 0.3) is 0 Å². The van der Waals surface area contributed by atoms with E-state index < -0.39 is 0 Å². The van der Waals surface area contributed by atoms with Crippen molar-refractivity contribution in [2.75, 3.05) is 0 Å². The van der Waals surface area contributed by atoms with Crippen molar-refractivity contribution in [1.29, 1.82) is 0 Å². The van der Waals surface area contributed by atoms with E-state index in [-0.39, 0.29) is 75.9 Å². The van der Waals surface area contributed by atoms with E-state index in [4.69, 9.17) is 0 Å². The van der Waals surface area contributed by atoms with Gasteiger partial charge in [0.05, 0.1) is 0 Å². The quantitative estimate of drug-likeness (QED) is 0.496. The number of hydrogen-bond donors (Lipinski definition) is 0. The number of hydrogen-bond acceptors (Lipinski definition) is 0. The molecule has 0 aliphatic heterocycles. The fourth-order valence-corrected chi connectivity index (χ4v) is 0. The van der Waals surface area contributed by atoms with E-state index in [1.165, 1.54) is 0 Å². The zero-order chi connectivity index (χ0) is 0. The minimum absolute atomic E-state index is 0. The first kappa shape index (κ1) is 61.1. The molecule has 0 saturated carbocycles. The zero-order valence-electron chi connectivity index (χ0n) is 2.18. The average molecular weight is 251 g/mol. The maximum atomic E-state index is 0. The van der Waals surface area contributed by atoms with Crippen molar-refractivity contribution in [1.82, 2.24) is 0 Å². The van der Waals surface area contributed by atoms with Gasteiger partial charge in [-0.15, -0.1) is 0 Å². The van der Waals surface area contributed by atoms with E-state index in [1.54, 1.807) is 0 Å². The minimum atomic E-state index is 0. The van der Waals surface area contributed by atoms with Crippen LogP contribution in [0.3, 0.4) is 0 Å². The first-order chi connectivity index (χ1) is 0. The van der Waals surface area contributed by atoms with Gasteiger partial charge in [0.15, 0.2) is 0 Å². The topological polar surface area (TPSA) is 0 Å². The van der Waals surface area contributed by atoms with Gasteiger partial charge >= 0.3 is 0 Å². The fourth-order valence-electron chi connectivity index (χ4n) is 0. The third-order valence-corrected chi connectivity index (χ3v) is 0. The van der Waals surface area contributed by atoms with Crippen LogP contribution < -0.4 is 0 Å². The molecule has 0 N–H and O–H groups in total. The van der Waals surface area contributed by atoms with Gasteiger partial charge in [0.2, 0.25) is 0 Å². The van der Waals surface area contributed by atoms with Crippen LogP contribution in [0, 0.1) is 0 Å². The Bertz CT molecular complexity index is 11.6. The first-order valence-corrected chi connectivity index (χ1v) is 0. The summed E-state index contributed by atoms with van der Waals surface area (Å²) in [6.45, 7) is 0. The Morgan fingerprint density at radius 1 is 1.00 bits per heavy atom. The average Bonchev–Trinajstić information content (AvgIpc) is 0. The van der Waals surface area contributed by atoms with Gasteiger partial charge in [0, 0.05) is 75.9 Å². The van der Waals surface area contributed by atoms with E-state index in [2.05, 4.69) is 0 Å². The summed E-state index contributed by atoms with van der Waals surface area (Å²) in [6.07, 6.45) is 0. The van der Waals surface area contributed by atoms with Crippen LogP contribution in [0.4, 0.5) is 0 Å². The van der Waals surface area contributed by atoms with Crippen LogP contribution in [-0.4, -0.2) is 19.4 Å². The van der Waals surface area contributed by atoms with Crippen LogP contribution in [0.2, 0.25) is 0 Å². The van der Waals surface area contributed by atoms with Crippen LogP contribution in [0.15, 0.2) is 0 Å². The zero-order valence-corrected chi connectivity index (χ0v) is 7.42. The molecule has 0 rings (SSSR count). The van der Waals surface area contributed by atoms with E-state index in [0.29, 0.717) is 0 Å². The van der Waals surface area contributed by atoms with Gasteiger partial charge in [-0.25, -0.2) is 0 Å². The Morgan fingerprint density at radius 3 is 1.00 bits per heavy atom. The molecule has 31 valence electrons. The van der Waals surface area contributed by atoms with Crippen LogP contribution in [0.25, 0.3) is 0 Å². The molecule has 0 aromatic rings. The van der Waals surface area contributed by atoms with Crippen molar-refractivity contribution in [3.05, 3.63) is 0 Å². The molecule has 0 fully saturated rings. The van der Waals surface area contributed by atoms with Gasteiger partial charge in [0.1, 0.15) is 0 Å². The molecule has 9 radical (unpaired) electrons. The van der Waals surface area contributed by atoms with Crippen LogP contribution in [-0.2, 0) is 56.5 Å². The molecule has 0 heterocycles. The van der Waals surface area contributed by atoms with Crippen molar-refractivity contribution in [2.24, 2.45) is 0 Å². The largest absolute Gasteiger partial charge is 0 e. The summed E-state index contributed by atoms with van der Waals surface area (Å²) in [7, 11) is 0. The third kappa shape index (κ3) is 23.5. The van der Waals surface area contributed by atoms with Crippen molar-refractivity contribution >= 4 is 19.4 Å². The summed E-state index contributed by atoms with van der Waals surface area (Å²) in [5.41, 5.74) is 0. The Balaban J connectivity index is 0. The van der Waals surface area contributed by atoms with Crippen molar-refractivity contribution < 1.29 is 56.5 Å². The van der Waals surface area contributed by atoms with E-state index >= 15 is 0 Å². The Kier molecular flexibility index (Phi) is 446. The molecular formula is BCuFeNbSi. The molecule has 5 heavy (non-hydrogen) atoms. The molecule has 0 unspecified atom stereocenters. The predicted octanol–water partition coefficient (Wildman–Crippen LogP) is -0.769. The molecule has 0 saturated heterocycles.